The quantitative estimate of drug-likeness (QED) is 0.0339. The fourth-order valence-corrected chi connectivity index (χ4v) is 15.3. The van der Waals surface area contributed by atoms with Crippen LogP contribution in [0.5, 0.6) is 0 Å². The van der Waals surface area contributed by atoms with E-state index in [0.717, 1.165) is 0 Å². The zero-order valence-electron chi connectivity index (χ0n) is 62.8. The Kier molecular flexibility index (Phi) is 19.6. The van der Waals surface area contributed by atoms with Crippen LogP contribution in [0.15, 0.2) is 291 Å². The standard InChI is InChI=1S/C100H62N4O16/c105-93(106)61-17-1-53(2-18-61)69-41-70(54-3-19-62(20-4-54)94(107)108)46-77(45-69)89-81-33-35-83(101-81)90(78-47-71(55-5-21-63(22-6-55)95(109)110)42-72(48-78)56-7-23-64(24-8-56)96(111)112)85-37-39-87(103-85)92(80-51-75(59-13-29-67(30-14-59)99(117)118)44-76(52-80)60-15-31-68(32-16-60)100(119)120)88-40-38-86(104-88)91(84-36-34-82(89)102-84)79-49-73(57-9-25-65(26-10-57)97(113)114)43-74(50-79)58-11-27-66(28-12-58)98(115)116/h1-52,101,104H,(H,105,106)(H,107,108)(H,109,110)(H,111,112)(H,113,114)(H,115,116)(H,117,118)(H,119,120). The fourth-order valence-electron chi connectivity index (χ4n) is 15.3. The Labute approximate surface area is 681 Å². The van der Waals surface area contributed by atoms with Crippen molar-refractivity contribution in [3.63, 3.8) is 0 Å². The van der Waals surface area contributed by atoms with Crippen LogP contribution in [0.25, 0.3) is 180 Å². The van der Waals surface area contributed by atoms with Gasteiger partial charge in [0.2, 0.25) is 0 Å². The van der Waals surface area contributed by atoms with Crippen LogP contribution in [0.4, 0.5) is 0 Å². The average Bonchev–Trinajstić information content (AvgIpc) is 1.68. The number of hydrogen-bond donors (Lipinski definition) is 10. The van der Waals surface area contributed by atoms with E-state index in [-0.39, 0.29) is 44.5 Å². The van der Waals surface area contributed by atoms with Crippen molar-refractivity contribution in [2.45, 2.75) is 0 Å². The number of aromatic carboxylic acids is 8. The predicted molar refractivity (Wildman–Crippen MR) is 460 cm³/mol. The van der Waals surface area contributed by atoms with Crippen LogP contribution in [0.2, 0.25) is 0 Å². The van der Waals surface area contributed by atoms with Gasteiger partial charge in [-0.3, -0.25) is 0 Å². The predicted octanol–water partition coefficient (Wildman–Crippen LogP) is 22.2. The van der Waals surface area contributed by atoms with Crippen LogP contribution in [0.1, 0.15) is 106 Å². The summed E-state index contributed by atoms with van der Waals surface area (Å²) in [5.41, 5.74) is 18.8. The second-order valence-corrected chi connectivity index (χ2v) is 28.8. The van der Waals surface area contributed by atoms with Crippen molar-refractivity contribution >= 4 is 94.1 Å². The highest BCUT2D eigenvalue weighted by atomic mass is 16.4. The van der Waals surface area contributed by atoms with Crippen molar-refractivity contribution in [2.75, 3.05) is 0 Å². The van der Waals surface area contributed by atoms with E-state index in [1.807, 2.05) is 121 Å². The van der Waals surface area contributed by atoms with E-state index in [4.69, 9.17) is 9.97 Å². The molecule has 17 rings (SSSR count). The number of aromatic amines is 2. The molecular formula is C100H62N4O16. The van der Waals surface area contributed by atoms with Gasteiger partial charge >= 0.3 is 47.8 Å². The molecule has 5 heterocycles. The van der Waals surface area contributed by atoms with Crippen LogP contribution in [-0.2, 0) is 0 Å². The van der Waals surface area contributed by atoms with Crippen molar-refractivity contribution in [3.8, 4) is 134 Å². The molecule has 0 spiro atoms. The van der Waals surface area contributed by atoms with E-state index in [1.54, 1.807) is 97.1 Å². The van der Waals surface area contributed by atoms with Crippen molar-refractivity contribution in [3.05, 3.63) is 358 Å². The fraction of sp³-hybridized carbons (Fsp3) is 0. The molecule has 10 N–H and O–H groups in total. The van der Waals surface area contributed by atoms with Gasteiger partial charge in [-0.25, -0.2) is 48.3 Å². The van der Waals surface area contributed by atoms with Crippen LogP contribution in [0, 0.1) is 0 Å². The van der Waals surface area contributed by atoms with Gasteiger partial charge in [0.15, 0.2) is 0 Å². The van der Waals surface area contributed by atoms with Gasteiger partial charge in [0.1, 0.15) is 0 Å². The van der Waals surface area contributed by atoms with Crippen molar-refractivity contribution < 1.29 is 79.2 Å². The van der Waals surface area contributed by atoms with Crippen LogP contribution >= 0.6 is 0 Å². The van der Waals surface area contributed by atoms with Crippen molar-refractivity contribution in [1.29, 1.82) is 0 Å². The minimum atomic E-state index is -1.13. The van der Waals surface area contributed by atoms with E-state index in [0.29, 0.717) is 178 Å². The third-order valence-electron chi connectivity index (χ3n) is 21.4. The lowest BCUT2D eigenvalue weighted by Gasteiger charge is -2.14. The molecule has 0 aliphatic carbocycles. The maximum atomic E-state index is 12.4. The number of nitrogens with one attached hydrogen (secondary N) is 2. The molecule has 2 aliphatic heterocycles. The number of carboxylic acids is 8. The van der Waals surface area contributed by atoms with Gasteiger partial charge in [0.25, 0.3) is 0 Å². The number of fused-ring (bicyclic) bond motifs is 8. The monoisotopic (exact) mass is 1570 g/mol. The Hall–Kier alpha value is -17.0. The third kappa shape index (κ3) is 15.1. The summed E-state index contributed by atoms with van der Waals surface area (Å²) in [6, 6.07) is 82.5. The van der Waals surface area contributed by atoms with E-state index in [1.165, 1.54) is 97.1 Å². The minimum Gasteiger partial charge on any atom is -0.478 e. The largest absolute Gasteiger partial charge is 0.478 e. The molecule has 0 saturated heterocycles. The first-order valence-electron chi connectivity index (χ1n) is 37.5. The van der Waals surface area contributed by atoms with Gasteiger partial charge in [0, 0.05) is 44.3 Å². The molecular weight excluding hydrogens is 1510 g/mol. The lowest BCUT2D eigenvalue weighted by atomic mass is 9.92. The second-order valence-electron chi connectivity index (χ2n) is 28.8. The zero-order valence-corrected chi connectivity index (χ0v) is 62.8. The van der Waals surface area contributed by atoms with Crippen molar-refractivity contribution in [2.24, 2.45) is 0 Å². The van der Waals surface area contributed by atoms with Crippen LogP contribution in [-0.4, -0.2) is 109 Å². The van der Waals surface area contributed by atoms with E-state index >= 15 is 0 Å². The first-order chi connectivity index (χ1) is 58.0. The summed E-state index contributed by atoms with van der Waals surface area (Å²) in [5, 5.41) is 81.0. The highest BCUT2D eigenvalue weighted by Gasteiger charge is 2.25. The van der Waals surface area contributed by atoms with Gasteiger partial charge in [-0.2, -0.15) is 0 Å². The maximum Gasteiger partial charge on any atom is 0.335 e. The SMILES string of the molecule is O=C(O)c1ccc(-c2cc(-c3ccc(C(=O)O)cc3)cc(-c3c4nc(c(-c5cc(-c6ccc(C(=O)O)cc6)cc(-c6ccc(C(=O)O)cc6)c5)c5ccc([nH]5)c(-c5cc(-c6ccc(C(=O)O)cc6)cc(-c6ccc(C(=O)O)cc6)c5)c5nc(c(-c6cc(-c7ccc(C(=O)O)cc7)cc(-c7ccc(C(=O)O)cc7)c6)c6ccc3[nH]6)C=C5)C=C4)c2)cc1. The Morgan fingerprint density at radius 1 is 0.167 bits per heavy atom. The van der Waals surface area contributed by atoms with E-state index < -0.39 is 47.8 Å². The Morgan fingerprint density at radius 3 is 0.417 bits per heavy atom. The normalized spacial score (nSPS) is 11.5. The van der Waals surface area contributed by atoms with Crippen LogP contribution < -0.4 is 0 Å². The summed E-state index contributed by atoms with van der Waals surface area (Å²) >= 11 is 0. The number of carbonyl (C=O) groups is 8. The molecule has 120 heavy (non-hydrogen) atoms. The molecule has 20 heteroatoms. The molecule has 3 aromatic heterocycles. The Balaban J connectivity index is 1.03. The lowest BCUT2D eigenvalue weighted by molar-refractivity contribution is 0.0686. The number of aromatic nitrogens is 4. The minimum absolute atomic E-state index is 0.0506. The van der Waals surface area contributed by atoms with Gasteiger partial charge in [-0.15, -0.1) is 0 Å². The highest BCUT2D eigenvalue weighted by Crippen LogP contribution is 2.46. The number of H-pyrrole nitrogens is 2. The van der Waals surface area contributed by atoms with Gasteiger partial charge in [-0.05, 0) is 330 Å². The molecule has 0 unspecified atom stereocenters. The molecule has 0 fully saturated rings. The molecule has 2 aliphatic rings. The van der Waals surface area contributed by atoms with Crippen molar-refractivity contribution in [1.82, 2.24) is 19.9 Å². The molecule has 12 aromatic carbocycles. The summed E-state index contributed by atoms with van der Waals surface area (Å²) in [7, 11) is 0. The lowest BCUT2D eigenvalue weighted by Crippen LogP contribution is -1.96. The summed E-state index contributed by atoms with van der Waals surface area (Å²) in [6.07, 6.45) is 7.54. The molecule has 578 valence electrons. The first kappa shape index (κ1) is 75.7. The zero-order chi connectivity index (χ0) is 83.3. The Bertz CT molecular complexity index is 5940. The summed E-state index contributed by atoms with van der Waals surface area (Å²) in [4.78, 5) is 118. The molecule has 0 amide bonds. The number of nitrogens with zero attached hydrogens (tertiary/aromatic N) is 2. The highest BCUT2D eigenvalue weighted by molar-refractivity contribution is 6.05. The second kappa shape index (κ2) is 31.1. The molecule has 15 aromatic rings. The van der Waals surface area contributed by atoms with Gasteiger partial charge in [0.05, 0.1) is 67.3 Å². The third-order valence-corrected chi connectivity index (χ3v) is 21.4. The number of carboxylic acid groups (broad SMARTS) is 8. The first-order valence-corrected chi connectivity index (χ1v) is 37.5. The number of benzene rings is 12. The van der Waals surface area contributed by atoms with Gasteiger partial charge < -0.3 is 50.8 Å². The summed E-state index contributed by atoms with van der Waals surface area (Å²) in [5.74, 6) is -9.03. The molecule has 8 bridgehead atoms. The average molecular weight is 1580 g/mol. The topological polar surface area (TPSA) is 356 Å². The van der Waals surface area contributed by atoms with E-state index in [2.05, 4.69) is 9.97 Å². The Morgan fingerprint density at radius 2 is 0.292 bits per heavy atom. The van der Waals surface area contributed by atoms with E-state index in [9.17, 15) is 79.2 Å². The summed E-state index contributed by atoms with van der Waals surface area (Å²) in [6.45, 7) is 0. The summed E-state index contributed by atoms with van der Waals surface area (Å²) < 4.78 is 0. The van der Waals surface area contributed by atoms with Crippen LogP contribution in [0.3, 0.4) is 0 Å². The molecule has 0 radical (unpaired) electrons. The number of hydrogen-bond acceptors (Lipinski definition) is 10. The van der Waals surface area contributed by atoms with Gasteiger partial charge in [-0.1, -0.05) is 97.1 Å². The molecule has 0 saturated carbocycles. The smallest absolute Gasteiger partial charge is 0.335 e. The molecule has 20 nitrogen and oxygen atoms in total. The molecule has 0 atom stereocenters. The number of rotatable bonds is 20. The maximum absolute atomic E-state index is 12.4.